The predicted octanol–water partition coefficient (Wildman–Crippen LogP) is 0.696. The molecule has 0 unspecified atom stereocenters. The second kappa shape index (κ2) is 7.13. The topological polar surface area (TPSA) is 93.7 Å². The number of ether oxygens (including phenoxy) is 2. The molecule has 1 rings (SSSR count). The Hall–Kier alpha value is -2.57. The molecule has 0 saturated heterocycles. The molecule has 1 aromatic carbocycles. The van der Waals surface area contributed by atoms with E-state index in [2.05, 4.69) is 15.4 Å². The smallest absolute Gasteiger partial charge is 0.337 e. The summed E-state index contributed by atoms with van der Waals surface area (Å²) < 4.78 is 9.94. The number of amides is 3. The number of esters is 1. The summed E-state index contributed by atoms with van der Waals surface area (Å²) in [5.41, 5.74) is 0.309. The molecule has 0 aromatic heterocycles. The van der Waals surface area contributed by atoms with E-state index >= 15 is 0 Å². The van der Waals surface area contributed by atoms with Crippen molar-refractivity contribution in [2.24, 2.45) is 0 Å². The number of imide groups is 1. The van der Waals surface area contributed by atoms with Gasteiger partial charge in [-0.15, -0.1) is 0 Å². The minimum Gasteiger partial charge on any atom is -0.481 e. The van der Waals surface area contributed by atoms with Gasteiger partial charge in [-0.25, -0.2) is 9.59 Å². The Morgan fingerprint density at radius 1 is 1.25 bits per heavy atom. The van der Waals surface area contributed by atoms with Crippen molar-refractivity contribution in [3.8, 4) is 5.75 Å². The highest BCUT2D eigenvalue weighted by molar-refractivity contribution is 5.96. The molecule has 0 spiro atoms. The third-order valence-corrected chi connectivity index (χ3v) is 2.40. The molecule has 7 nitrogen and oxygen atoms in total. The number of benzene rings is 1. The Labute approximate surface area is 116 Å². The Balaban J connectivity index is 2.70. The maximum Gasteiger partial charge on any atom is 0.337 e. The number of carbonyl (C=O) groups is 3. The monoisotopic (exact) mass is 280 g/mol. The molecule has 1 atom stereocenters. The van der Waals surface area contributed by atoms with Crippen molar-refractivity contribution < 1.29 is 23.9 Å². The second-order valence-electron chi connectivity index (χ2n) is 3.85. The van der Waals surface area contributed by atoms with Crippen molar-refractivity contribution >= 4 is 17.9 Å². The first kappa shape index (κ1) is 15.5. The lowest BCUT2D eigenvalue weighted by Gasteiger charge is -2.14. The van der Waals surface area contributed by atoms with Gasteiger partial charge >= 0.3 is 12.0 Å². The van der Waals surface area contributed by atoms with Gasteiger partial charge in [0.1, 0.15) is 5.75 Å². The normalized spacial score (nSPS) is 11.2. The number of nitrogens with one attached hydrogen (secondary N) is 2. The first-order chi connectivity index (χ1) is 9.47. The molecular formula is C13H16N2O5. The minimum atomic E-state index is -0.889. The van der Waals surface area contributed by atoms with Crippen LogP contribution >= 0.6 is 0 Å². The predicted molar refractivity (Wildman–Crippen MR) is 70.5 cm³/mol. The largest absolute Gasteiger partial charge is 0.481 e. The lowest BCUT2D eigenvalue weighted by Crippen LogP contribution is -2.43. The molecule has 0 heterocycles. The van der Waals surface area contributed by atoms with Gasteiger partial charge in [0, 0.05) is 7.05 Å². The zero-order chi connectivity index (χ0) is 15.1. The lowest BCUT2D eigenvalue weighted by atomic mass is 10.2. The van der Waals surface area contributed by atoms with E-state index in [1.165, 1.54) is 27.1 Å². The third-order valence-electron chi connectivity index (χ3n) is 2.40. The molecule has 0 aliphatic rings. The number of hydrogen-bond donors (Lipinski definition) is 2. The summed E-state index contributed by atoms with van der Waals surface area (Å²) in [6, 6.07) is 5.60. The van der Waals surface area contributed by atoms with Crippen molar-refractivity contribution in [1.82, 2.24) is 10.6 Å². The van der Waals surface area contributed by atoms with Gasteiger partial charge in [-0.05, 0) is 25.1 Å². The fourth-order valence-electron chi connectivity index (χ4n) is 1.35. The van der Waals surface area contributed by atoms with Crippen LogP contribution in [0.25, 0.3) is 0 Å². The van der Waals surface area contributed by atoms with Crippen LogP contribution in [0.3, 0.4) is 0 Å². The van der Waals surface area contributed by atoms with Gasteiger partial charge in [-0.1, -0.05) is 6.07 Å². The van der Waals surface area contributed by atoms with Crippen LogP contribution in [0.4, 0.5) is 4.79 Å². The van der Waals surface area contributed by atoms with Crippen LogP contribution in [0.15, 0.2) is 24.3 Å². The van der Waals surface area contributed by atoms with E-state index in [0.29, 0.717) is 11.3 Å². The Bertz CT molecular complexity index is 515. The van der Waals surface area contributed by atoms with Crippen molar-refractivity contribution in [1.29, 1.82) is 0 Å². The molecule has 7 heteroatoms. The highest BCUT2D eigenvalue weighted by atomic mass is 16.5. The van der Waals surface area contributed by atoms with E-state index in [4.69, 9.17) is 4.74 Å². The molecule has 3 amide bonds. The quantitative estimate of drug-likeness (QED) is 0.792. The van der Waals surface area contributed by atoms with Crippen molar-refractivity contribution in [2.45, 2.75) is 13.0 Å². The first-order valence-corrected chi connectivity index (χ1v) is 5.85. The number of urea groups is 1. The molecule has 2 N–H and O–H groups in total. The standard InChI is InChI=1S/C13H16N2O5/c1-8(11(16)15-13(18)14-2)20-10-6-4-5-9(7-10)12(17)19-3/h4-8H,1-3H3,(H2,14,15,16,18)/t8-/m1/s1. The van der Waals surface area contributed by atoms with Gasteiger partial charge in [0.2, 0.25) is 0 Å². The van der Waals surface area contributed by atoms with E-state index in [1.807, 2.05) is 0 Å². The summed E-state index contributed by atoms with van der Waals surface area (Å²) in [4.78, 5) is 34.0. The highest BCUT2D eigenvalue weighted by Crippen LogP contribution is 2.15. The van der Waals surface area contributed by atoms with Crippen molar-refractivity contribution in [2.75, 3.05) is 14.2 Å². The van der Waals surface area contributed by atoms with Gasteiger partial charge < -0.3 is 14.8 Å². The van der Waals surface area contributed by atoms with E-state index in [-0.39, 0.29) is 0 Å². The molecule has 20 heavy (non-hydrogen) atoms. The molecular weight excluding hydrogens is 264 g/mol. The van der Waals surface area contributed by atoms with Gasteiger partial charge in [-0.2, -0.15) is 0 Å². The van der Waals surface area contributed by atoms with Crippen LogP contribution in [-0.2, 0) is 9.53 Å². The average Bonchev–Trinajstić information content (AvgIpc) is 2.46. The van der Waals surface area contributed by atoms with Gasteiger partial charge in [-0.3, -0.25) is 10.1 Å². The summed E-state index contributed by atoms with van der Waals surface area (Å²) in [6.45, 7) is 1.49. The number of rotatable bonds is 4. The summed E-state index contributed by atoms with van der Waals surface area (Å²) in [6.07, 6.45) is -0.889. The molecule has 1 aromatic rings. The minimum absolute atomic E-state index is 0.309. The first-order valence-electron chi connectivity index (χ1n) is 5.85. The summed E-state index contributed by atoms with van der Waals surface area (Å²) >= 11 is 0. The van der Waals surface area contributed by atoms with Crippen molar-refractivity contribution in [3.05, 3.63) is 29.8 Å². The molecule has 0 aliphatic carbocycles. The molecule has 0 saturated carbocycles. The van der Waals surface area contributed by atoms with E-state index in [1.54, 1.807) is 18.2 Å². The maximum atomic E-state index is 11.6. The Morgan fingerprint density at radius 3 is 2.55 bits per heavy atom. The molecule has 108 valence electrons. The van der Waals surface area contributed by atoms with E-state index in [9.17, 15) is 14.4 Å². The van der Waals surface area contributed by atoms with Crippen LogP contribution in [0.1, 0.15) is 17.3 Å². The van der Waals surface area contributed by atoms with Crippen LogP contribution in [0, 0.1) is 0 Å². The van der Waals surface area contributed by atoms with Gasteiger partial charge in [0.05, 0.1) is 12.7 Å². The Kier molecular flexibility index (Phi) is 5.52. The highest BCUT2D eigenvalue weighted by Gasteiger charge is 2.17. The average molecular weight is 280 g/mol. The summed E-state index contributed by atoms with van der Waals surface area (Å²) in [5.74, 6) is -0.766. The van der Waals surface area contributed by atoms with Crippen LogP contribution in [0.5, 0.6) is 5.75 Å². The fourth-order valence-corrected chi connectivity index (χ4v) is 1.35. The molecule has 0 fully saturated rings. The van der Waals surface area contributed by atoms with E-state index < -0.39 is 24.0 Å². The summed E-state index contributed by atoms with van der Waals surface area (Å²) in [5, 5.41) is 4.35. The summed E-state index contributed by atoms with van der Waals surface area (Å²) in [7, 11) is 2.67. The number of hydrogen-bond acceptors (Lipinski definition) is 5. The fraction of sp³-hybridized carbons (Fsp3) is 0.308. The van der Waals surface area contributed by atoms with Gasteiger partial charge in [0.15, 0.2) is 6.10 Å². The Morgan fingerprint density at radius 2 is 1.95 bits per heavy atom. The molecule has 0 aliphatic heterocycles. The second-order valence-corrected chi connectivity index (χ2v) is 3.85. The lowest BCUT2D eigenvalue weighted by molar-refractivity contribution is -0.126. The zero-order valence-corrected chi connectivity index (χ0v) is 11.4. The van der Waals surface area contributed by atoms with Gasteiger partial charge in [0.25, 0.3) is 5.91 Å². The third kappa shape index (κ3) is 4.27. The van der Waals surface area contributed by atoms with Crippen LogP contribution < -0.4 is 15.4 Å². The number of methoxy groups -OCH3 is 1. The number of carbonyl (C=O) groups excluding carboxylic acids is 3. The van der Waals surface area contributed by atoms with E-state index in [0.717, 1.165) is 0 Å². The maximum absolute atomic E-state index is 11.6. The zero-order valence-electron chi connectivity index (χ0n) is 11.4. The SMILES string of the molecule is CNC(=O)NC(=O)[C@@H](C)Oc1cccc(C(=O)OC)c1. The van der Waals surface area contributed by atoms with Crippen LogP contribution in [-0.4, -0.2) is 38.2 Å². The molecule has 0 bridgehead atoms. The molecule has 0 radical (unpaired) electrons. The van der Waals surface area contributed by atoms with Crippen molar-refractivity contribution in [3.63, 3.8) is 0 Å². The van der Waals surface area contributed by atoms with Crippen LogP contribution in [0.2, 0.25) is 0 Å².